The summed E-state index contributed by atoms with van der Waals surface area (Å²) in [6.07, 6.45) is 14.3. The number of carbonyl (C=O) groups excluding carboxylic acids is 2. The van der Waals surface area contributed by atoms with E-state index in [1.165, 1.54) is 19.3 Å². The second kappa shape index (κ2) is 14.3. The number of rotatable bonds is 12. The summed E-state index contributed by atoms with van der Waals surface area (Å²) in [6.45, 7) is 2.01. The number of thioether (sulfide) groups is 1. The molecule has 1 atom stereocenters. The second-order valence-electron chi connectivity index (χ2n) is 13.4. The molecule has 1 heterocycles. The number of carbonyl (C=O) groups is 3. The zero-order valence-corrected chi connectivity index (χ0v) is 26.5. The van der Waals surface area contributed by atoms with E-state index in [9.17, 15) is 19.5 Å². The maximum atomic E-state index is 14.2. The third-order valence-corrected chi connectivity index (χ3v) is 11.0. The van der Waals surface area contributed by atoms with Crippen molar-refractivity contribution in [3.63, 3.8) is 0 Å². The summed E-state index contributed by atoms with van der Waals surface area (Å²) in [7, 11) is 0. The number of hydrogen-bond donors (Lipinski definition) is 2. The molecule has 45 heavy (non-hydrogen) atoms. The van der Waals surface area contributed by atoms with Gasteiger partial charge >= 0.3 is 24.8 Å². The Morgan fingerprint density at radius 2 is 1.64 bits per heavy atom. The van der Waals surface area contributed by atoms with Gasteiger partial charge in [-0.15, -0.1) is 0 Å². The van der Waals surface area contributed by atoms with Gasteiger partial charge in [0.1, 0.15) is 6.04 Å². The van der Waals surface area contributed by atoms with Gasteiger partial charge in [-0.3, -0.25) is 14.6 Å². The number of carboxylic acid groups (broad SMARTS) is 1. The Morgan fingerprint density at radius 3 is 2.29 bits per heavy atom. The van der Waals surface area contributed by atoms with Gasteiger partial charge in [0, 0.05) is 28.9 Å². The minimum atomic E-state index is -1.03. The number of Topliss-reactive ketones (excluding diaryl/α,β-unsaturated/α-hetero) is 1. The van der Waals surface area contributed by atoms with Crippen LogP contribution in [0.25, 0.3) is 11.1 Å². The van der Waals surface area contributed by atoms with Gasteiger partial charge < -0.3 is 10.4 Å². The predicted octanol–water partition coefficient (Wildman–Crippen LogP) is 6.53. The standard InChI is InChI=1S/C37H42N2O4S.Li.H/c1-23-5-3-4-6-29(23)32-18-24(8-10-31(32)35(41)39-33(36(42)43)12-14-44-2)7-9-28-22-38-13-11-30(28)34(40)37-19-25-15-26(20-37)17-27(16-25)21-37;;/h3-6,8,10-11,13,18,22,25-27,33H,7,9,12,14-17,19-21H2,1-2H3,(H,39,41)(H,42,43);;/t25?,26?,27?,33-,37?;;/m0../s1. The van der Waals surface area contributed by atoms with Gasteiger partial charge in [0.2, 0.25) is 0 Å². The van der Waals surface area contributed by atoms with Crippen LogP contribution in [0.1, 0.15) is 82.4 Å². The van der Waals surface area contributed by atoms with E-state index in [0.717, 1.165) is 52.6 Å². The number of aliphatic carboxylic acids is 1. The first-order valence-corrected chi connectivity index (χ1v) is 17.3. The van der Waals surface area contributed by atoms with Crippen LogP contribution in [0.15, 0.2) is 60.9 Å². The molecule has 0 saturated heterocycles. The van der Waals surface area contributed by atoms with Gasteiger partial charge in [-0.1, -0.05) is 36.4 Å². The SMILES string of the molecule is CSCC[C@H](NC(=O)c1ccc(CCc2cnccc2C(=O)C23CC4CC(CC(C4)C2)C3)cc1-c1ccccc1C)C(=O)O.[LiH]. The molecule has 6 nitrogen and oxygen atoms in total. The molecule has 8 heteroatoms. The number of pyridine rings is 1. The summed E-state index contributed by atoms with van der Waals surface area (Å²) < 4.78 is 0. The van der Waals surface area contributed by atoms with Crippen molar-refractivity contribution in [3.05, 3.63) is 88.7 Å². The van der Waals surface area contributed by atoms with Crippen molar-refractivity contribution in [1.82, 2.24) is 10.3 Å². The Morgan fingerprint density at radius 1 is 0.956 bits per heavy atom. The Bertz CT molecular complexity index is 1540. The van der Waals surface area contributed by atoms with Crippen molar-refractivity contribution < 1.29 is 19.5 Å². The number of aromatic nitrogens is 1. The van der Waals surface area contributed by atoms with Crippen molar-refractivity contribution in [3.8, 4) is 11.1 Å². The van der Waals surface area contributed by atoms with Crippen molar-refractivity contribution >= 4 is 48.3 Å². The third kappa shape index (κ3) is 7.11. The zero-order valence-electron chi connectivity index (χ0n) is 25.7. The number of benzene rings is 2. The van der Waals surface area contributed by atoms with Crippen LogP contribution in [0.3, 0.4) is 0 Å². The topological polar surface area (TPSA) is 96.4 Å². The van der Waals surface area contributed by atoms with Gasteiger partial charge in [-0.25, -0.2) is 4.79 Å². The molecule has 7 rings (SSSR count). The monoisotopic (exact) mass is 618 g/mol. The molecule has 0 unspecified atom stereocenters. The van der Waals surface area contributed by atoms with E-state index in [1.807, 2.05) is 67.9 Å². The molecular weight excluding hydrogens is 575 g/mol. The van der Waals surface area contributed by atoms with E-state index < -0.39 is 12.0 Å². The van der Waals surface area contributed by atoms with Crippen molar-refractivity contribution in [2.24, 2.45) is 23.2 Å². The van der Waals surface area contributed by atoms with E-state index in [4.69, 9.17) is 0 Å². The molecule has 4 aliphatic carbocycles. The van der Waals surface area contributed by atoms with Crippen LogP contribution in [-0.2, 0) is 17.6 Å². The van der Waals surface area contributed by atoms with Gasteiger partial charge in [0.15, 0.2) is 5.78 Å². The van der Waals surface area contributed by atoms with Crippen LogP contribution >= 0.6 is 11.8 Å². The molecule has 0 spiro atoms. The molecule has 4 bridgehead atoms. The normalized spacial score (nSPS) is 23.6. The summed E-state index contributed by atoms with van der Waals surface area (Å²) in [5, 5.41) is 12.5. The Hall–Kier alpha value is -2.85. The van der Waals surface area contributed by atoms with E-state index in [-0.39, 0.29) is 30.2 Å². The Labute approximate surface area is 282 Å². The van der Waals surface area contributed by atoms with Crippen LogP contribution < -0.4 is 5.32 Å². The van der Waals surface area contributed by atoms with E-state index >= 15 is 0 Å². The van der Waals surface area contributed by atoms with Crippen molar-refractivity contribution in [1.29, 1.82) is 0 Å². The van der Waals surface area contributed by atoms with Crippen LogP contribution in [0.4, 0.5) is 0 Å². The number of nitrogens with one attached hydrogen (secondary N) is 1. The van der Waals surface area contributed by atoms with Crippen molar-refractivity contribution in [2.75, 3.05) is 12.0 Å². The molecule has 0 radical (unpaired) electrons. The quantitative estimate of drug-likeness (QED) is 0.177. The first-order chi connectivity index (χ1) is 21.3. The molecule has 2 N–H and O–H groups in total. The maximum absolute atomic E-state index is 14.2. The number of amides is 1. The molecule has 3 aromatic rings. The predicted molar refractivity (Wildman–Crippen MR) is 182 cm³/mol. The first-order valence-electron chi connectivity index (χ1n) is 16.0. The molecule has 1 amide bonds. The fraction of sp³-hybridized carbons (Fsp3) is 0.459. The molecule has 4 aliphatic rings. The van der Waals surface area contributed by atoms with E-state index in [0.29, 0.717) is 54.1 Å². The summed E-state index contributed by atoms with van der Waals surface area (Å²) in [5.74, 6) is 1.68. The number of carboxylic acids is 1. The van der Waals surface area contributed by atoms with Gasteiger partial charge in [0.05, 0.1) is 0 Å². The van der Waals surface area contributed by atoms with Crippen molar-refractivity contribution in [2.45, 2.75) is 70.8 Å². The number of ketones is 1. The van der Waals surface area contributed by atoms with Gasteiger partial charge in [-0.2, -0.15) is 11.8 Å². The molecule has 4 saturated carbocycles. The Kier molecular flexibility index (Phi) is 10.6. The molecular formula is C37H43LiN2O4S. The van der Waals surface area contributed by atoms with E-state index in [2.05, 4.69) is 10.3 Å². The number of hydrogen-bond acceptors (Lipinski definition) is 5. The summed E-state index contributed by atoms with van der Waals surface area (Å²) in [4.78, 5) is 44.0. The second-order valence-corrected chi connectivity index (χ2v) is 14.4. The molecule has 2 aromatic carbocycles. The molecule has 4 fully saturated rings. The van der Waals surface area contributed by atoms with Crippen LogP contribution in [0, 0.1) is 30.1 Å². The number of nitrogens with zero attached hydrogens (tertiary/aromatic N) is 1. The molecule has 1 aromatic heterocycles. The minimum absolute atomic E-state index is 0. The zero-order chi connectivity index (χ0) is 30.8. The van der Waals surface area contributed by atoms with Crippen LogP contribution in [-0.4, -0.2) is 64.7 Å². The number of aryl methyl sites for hydroxylation is 3. The fourth-order valence-corrected chi connectivity index (χ4v) is 9.04. The fourth-order valence-electron chi connectivity index (χ4n) is 8.57. The van der Waals surface area contributed by atoms with Gasteiger partial charge in [-0.05, 0) is 134 Å². The van der Waals surface area contributed by atoms with Crippen LogP contribution in [0.2, 0.25) is 0 Å². The summed E-state index contributed by atoms with van der Waals surface area (Å²) in [5.41, 5.74) is 5.89. The summed E-state index contributed by atoms with van der Waals surface area (Å²) in [6, 6.07) is 14.7. The average Bonchev–Trinajstić information content (AvgIpc) is 3.01. The average molecular weight is 619 g/mol. The van der Waals surface area contributed by atoms with E-state index in [1.54, 1.807) is 18.0 Å². The van der Waals surface area contributed by atoms with Crippen LogP contribution in [0.5, 0.6) is 0 Å². The Balaban J connectivity index is 0.00000400. The third-order valence-electron chi connectivity index (χ3n) is 10.3. The molecule has 0 aliphatic heterocycles. The summed E-state index contributed by atoms with van der Waals surface area (Å²) >= 11 is 1.55. The van der Waals surface area contributed by atoms with Gasteiger partial charge in [0.25, 0.3) is 5.91 Å². The molecule has 232 valence electrons. The first kappa shape index (κ1) is 33.5.